The van der Waals surface area contributed by atoms with Crippen molar-refractivity contribution in [2.45, 2.75) is 19.8 Å². The number of fused-ring (bicyclic) bond motifs is 1. The van der Waals surface area contributed by atoms with Crippen LogP contribution >= 0.6 is 0 Å². The van der Waals surface area contributed by atoms with Crippen molar-refractivity contribution in [3.8, 4) is 5.75 Å². The second kappa shape index (κ2) is 7.67. The minimum Gasteiger partial charge on any atom is -0.494 e. The van der Waals surface area contributed by atoms with Crippen LogP contribution in [0.2, 0.25) is 0 Å². The second-order valence-electron chi connectivity index (χ2n) is 5.75. The van der Waals surface area contributed by atoms with E-state index in [1.165, 1.54) is 0 Å². The molecule has 0 fully saturated rings. The molecule has 24 heavy (non-hydrogen) atoms. The zero-order valence-electron chi connectivity index (χ0n) is 13.5. The van der Waals surface area contributed by atoms with Crippen molar-refractivity contribution in [1.82, 2.24) is 0 Å². The van der Waals surface area contributed by atoms with E-state index in [1.807, 2.05) is 6.07 Å². The number of carbonyl (C=O) groups is 2. The summed E-state index contributed by atoms with van der Waals surface area (Å²) in [5.74, 6) is -1.86. The van der Waals surface area contributed by atoms with Gasteiger partial charge in [0.2, 0.25) is 5.91 Å². The van der Waals surface area contributed by atoms with Gasteiger partial charge in [-0.05, 0) is 30.2 Å². The highest BCUT2D eigenvalue weighted by atomic mass is 16.5. The molecule has 1 aromatic rings. The first-order valence-electron chi connectivity index (χ1n) is 7.73. The number of nitrogens with one attached hydrogen (secondary N) is 1. The van der Waals surface area contributed by atoms with E-state index in [4.69, 9.17) is 21.3 Å². The molecule has 0 aliphatic carbocycles. The van der Waals surface area contributed by atoms with Gasteiger partial charge in [-0.1, -0.05) is 6.92 Å². The first-order chi connectivity index (χ1) is 11.4. The van der Waals surface area contributed by atoms with Gasteiger partial charge in [-0.2, -0.15) is 0 Å². The minimum absolute atomic E-state index is 0.0538. The molecule has 0 spiro atoms. The number of anilines is 1. The Kier molecular flexibility index (Phi) is 5.62. The molecule has 0 bridgehead atoms. The molecule has 6 N–H and O–H groups in total. The molecular weight excluding hydrogens is 312 g/mol. The lowest BCUT2D eigenvalue weighted by atomic mass is 9.84. The van der Waals surface area contributed by atoms with E-state index >= 15 is 0 Å². The smallest absolute Gasteiger partial charge is 0.307 e. The van der Waals surface area contributed by atoms with Crippen LogP contribution in [0.4, 0.5) is 5.69 Å². The highest BCUT2D eigenvalue weighted by Crippen LogP contribution is 2.32. The Hall–Kier alpha value is -2.77. The van der Waals surface area contributed by atoms with Gasteiger partial charge in [0.05, 0.1) is 18.4 Å². The van der Waals surface area contributed by atoms with Gasteiger partial charge in [-0.3, -0.25) is 14.6 Å². The Morgan fingerprint density at radius 2 is 2.25 bits per heavy atom. The lowest BCUT2D eigenvalue weighted by Crippen LogP contribution is -2.37. The molecule has 2 unspecified atom stereocenters. The Morgan fingerprint density at radius 3 is 2.92 bits per heavy atom. The summed E-state index contributed by atoms with van der Waals surface area (Å²) < 4.78 is 5.64. The SMILES string of the molecule is CC(C(=O)O)C1Cc2cc(OCCCN=C(N)N)ccc2NC1=O. The number of carboxylic acids is 1. The third-order valence-electron chi connectivity index (χ3n) is 3.97. The summed E-state index contributed by atoms with van der Waals surface area (Å²) in [6, 6.07) is 5.36. The van der Waals surface area contributed by atoms with E-state index in [1.54, 1.807) is 19.1 Å². The molecule has 1 amide bonds. The minimum atomic E-state index is -0.981. The van der Waals surface area contributed by atoms with Gasteiger partial charge in [-0.25, -0.2) is 0 Å². The van der Waals surface area contributed by atoms with Gasteiger partial charge < -0.3 is 26.6 Å². The van der Waals surface area contributed by atoms with Crippen molar-refractivity contribution < 1.29 is 19.4 Å². The molecule has 0 saturated carbocycles. The monoisotopic (exact) mass is 334 g/mol. The van der Waals surface area contributed by atoms with Crippen LogP contribution in [0.15, 0.2) is 23.2 Å². The number of guanidine groups is 1. The standard InChI is InChI=1S/C16H22N4O4/c1-9(15(22)23)12-8-10-7-11(3-4-13(10)20-14(12)21)24-6-2-5-19-16(17)18/h3-4,7,9,12H,2,5-6,8H2,1H3,(H,20,21)(H,22,23)(H4,17,18,19). The largest absolute Gasteiger partial charge is 0.494 e. The predicted octanol–water partition coefficient (Wildman–Crippen LogP) is 0.560. The Labute approximate surface area is 139 Å². The van der Waals surface area contributed by atoms with Crippen LogP contribution in [0.3, 0.4) is 0 Å². The number of aliphatic imine (C=N–C) groups is 1. The number of hydrogen-bond acceptors (Lipinski definition) is 4. The summed E-state index contributed by atoms with van der Waals surface area (Å²) in [5, 5.41) is 11.9. The number of hydrogen-bond donors (Lipinski definition) is 4. The number of nitrogens with two attached hydrogens (primary N) is 2. The van der Waals surface area contributed by atoms with Gasteiger partial charge in [0, 0.05) is 18.7 Å². The van der Waals surface area contributed by atoms with Crippen molar-refractivity contribution in [3.05, 3.63) is 23.8 Å². The van der Waals surface area contributed by atoms with Crippen LogP contribution in [0, 0.1) is 11.8 Å². The number of carbonyl (C=O) groups excluding carboxylic acids is 1. The van der Waals surface area contributed by atoms with Crippen LogP contribution in [0.1, 0.15) is 18.9 Å². The summed E-state index contributed by atoms with van der Waals surface area (Å²) >= 11 is 0. The summed E-state index contributed by atoms with van der Waals surface area (Å²) in [5.41, 5.74) is 12.1. The highest BCUT2D eigenvalue weighted by molar-refractivity contribution is 5.98. The van der Waals surface area contributed by atoms with E-state index in [-0.39, 0.29) is 11.9 Å². The van der Waals surface area contributed by atoms with Crippen LogP contribution in [-0.4, -0.2) is 36.1 Å². The van der Waals surface area contributed by atoms with E-state index in [0.29, 0.717) is 37.4 Å². The van der Waals surface area contributed by atoms with Gasteiger partial charge in [0.15, 0.2) is 5.96 Å². The molecule has 1 aliphatic rings. The molecule has 2 rings (SSSR count). The van der Waals surface area contributed by atoms with Crippen LogP contribution in [-0.2, 0) is 16.0 Å². The van der Waals surface area contributed by atoms with Crippen molar-refractivity contribution in [2.24, 2.45) is 28.3 Å². The molecular formula is C16H22N4O4. The number of nitrogens with zero attached hydrogens (tertiary/aromatic N) is 1. The third-order valence-corrected chi connectivity index (χ3v) is 3.97. The van der Waals surface area contributed by atoms with Gasteiger partial charge >= 0.3 is 5.97 Å². The number of aliphatic carboxylic acids is 1. The maximum absolute atomic E-state index is 12.0. The molecule has 1 aromatic carbocycles. The summed E-state index contributed by atoms with van der Waals surface area (Å²) in [7, 11) is 0. The lowest BCUT2D eigenvalue weighted by molar-refractivity contribution is -0.145. The first kappa shape index (κ1) is 17.6. The van der Waals surface area contributed by atoms with Crippen molar-refractivity contribution in [1.29, 1.82) is 0 Å². The Bertz CT molecular complexity index is 655. The number of ether oxygens (including phenoxy) is 1. The highest BCUT2D eigenvalue weighted by Gasteiger charge is 2.34. The van der Waals surface area contributed by atoms with E-state index in [9.17, 15) is 9.59 Å². The average molecular weight is 334 g/mol. The van der Waals surface area contributed by atoms with Gasteiger partial charge in [0.25, 0.3) is 0 Å². The Balaban J connectivity index is 2.00. The fourth-order valence-corrected chi connectivity index (χ4v) is 2.54. The number of benzene rings is 1. The Morgan fingerprint density at radius 1 is 1.50 bits per heavy atom. The molecule has 0 aromatic heterocycles. The maximum atomic E-state index is 12.0. The van der Waals surface area contributed by atoms with E-state index in [2.05, 4.69) is 10.3 Å². The summed E-state index contributed by atoms with van der Waals surface area (Å²) in [6.07, 6.45) is 1.05. The number of amides is 1. The molecule has 0 radical (unpaired) electrons. The molecule has 1 heterocycles. The van der Waals surface area contributed by atoms with Crippen LogP contribution < -0.4 is 21.5 Å². The van der Waals surface area contributed by atoms with Crippen LogP contribution in [0.5, 0.6) is 5.75 Å². The predicted molar refractivity (Wildman–Crippen MR) is 89.9 cm³/mol. The van der Waals surface area contributed by atoms with Crippen molar-refractivity contribution >= 4 is 23.5 Å². The van der Waals surface area contributed by atoms with Crippen molar-refractivity contribution in [2.75, 3.05) is 18.5 Å². The third kappa shape index (κ3) is 4.37. The average Bonchev–Trinajstić information content (AvgIpc) is 2.53. The molecule has 8 nitrogen and oxygen atoms in total. The molecule has 1 aliphatic heterocycles. The second-order valence-corrected chi connectivity index (χ2v) is 5.75. The number of rotatable bonds is 7. The molecule has 2 atom stereocenters. The fourth-order valence-electron chi connectivity index (χ4n) is 2.54. The fraction of sp³-hybridized carbons (Fsp3) is 0.438. The van der Waals surface area contributed by atoms with Gasteiger partial charge in [-0.15, -0.1) is 0 Å². The summed E-state index contributed by atoms with van der Waals surface area (Å²) in [6.45, 7) is 2.49. The molecule has 8 heteroatoms. The van der Waals surface area contributed by atoms with E-state index < -0.39 is 17.8 Å². The first-order valence-corrected chi connectivity index (χ1v) is 7.73. The zero-order chi connectivity index (χ0) is 17.7. The normalized spacial score (nSPS) is 17.4. The van der Waals surface area contributed by atoms with E-state index in [0.717, 1.165) is 5.56 Å². The van der Waals surface area contributed by atoms with Gasteiger partial charge in [0.1, 0.15) is 5.75 Å². The number of carboxylic acid groups (broad SMARTS) is 1. The lowest BCUT2D eigenvalue weighted by Gasteiger charge is -2.27. The molecule has 0 saturated heterocycles. The van der Waals surface area contributed by atoms with Crippen LogP contribution in [0.25, 0.3) is 0 Å². The topological polar surface area (TPSA) is 140 Å². The quantitative estimate of drug-likeness (QED) is 0.326. The zero-order valence-corrected chi connectivity index (χ0v) is 13.5. The summed E-state index contributed by atoms with van der Waals surface area (Å²) in [4.78, 5) is 27.1. The molecule has 130 valence electrons. The maximum Gasteiger partial charge on any atom is 0.307 e. The van der Waals surface area contributed by atoms with Crippen molar-refractivity contribution in [3.63, 3.8) is 0 Å².